The molecule has 1 saturated carbocycles. The first-order valence-corrected chi connectivity index (χ1v) is 10.1. The zero-order valence-corrected chi connectivity index (χ0v) is 16.1. The highest BCUT2D eigenvalue weighted by molar-refractivity contribution is 6.33. The van der Waals surface area contributed by atoms with Crippen molar-refractivity contribution in [2.75, 3.05) is 32.9 Å². The van der Waals surface area contributed by atoms with Crippen LogP contribution in [0.1, 0.15) is 42.5 Å². The average molecular weight is 393 g/mol. The van der Waals surface area contributed by atoms with Crippen LogP contribution < -0.4 is 0 Å². The molecule has 3 aliphatic rings. The molecule has 1 aromatic rings. The molecule has 4 rings (SSSR count). The van der Waals surface area contributed by atoms with Gasteiger partial charge in [-0.1, -0.05) is 30.2 Å². The van der Waals surface area contributed by atoms with E-state index in [-0.39, 0.29) is 18.4 Å². The van der Waals surface area contributed by atoms with Crippen LogP contribution in [0.15, 0.2) is 24.3 Å². The first-order valence-electron chi connectivity index (χ1n) is 9.71. The van der Waals surface area contributed by atoms with Gasteiger partial charge in [0.2, 0.25) is 5.91 Å². The number of hydrogen-bond acceptors (Lipinski definition) is 4. The summed E-state index contributed by atoms with van der Waals surface area (Å²) in [5.74, 6) is -0.271. The maximum Gasteiger partial charge on any atom is 0.258 e. The lowest BCUT2D eigenvalue weighted by atomic mass is 9.89. The summed E-state index contributed by atoms with van der Waals surface area (Å²) >= 11 is 6.30. The van der Waals surface area contributed by atoms with E-state index < -0.39 is 11.8 Å². The smallest absolute Gasteiger partial charge is 0.258 e. The van der Waals surface area contributed by atoms with E-state index in [9.17, 15) is 9.59 Å². The minimum Gasteiger partial charge on any atom is -0.378 e. The summed E-state index contributed by atoms with van der Waals surface area (Å²) in [5.41, 5.74) is -0.268. The van der Waals surface area contributed by atoms with Gasteiger partial charge in [-0.15, -0.1) is 0 Å². The largest absolute Gasteiger partial charge is 0.378 e. The fourth-order valence-electron chi connectivity index (χ4n) is 4.42. The number of carbonyl (C=O) groups is 2. The normalized spacial score (nSPS) is 25.0. The molecule has 0 N–H and O–H groups in total. The second-order valence-electron chi connectivity index (χ2n) is 7.43. The lowest BCUT2D eigenvalue weighted by Gasteiger charge is -2.42. The van der Waals surface area contributed by atoms with E-state index in [1.165, 1.54) is 0 Å². The van der Waals surface area contributed by atoms with Crippen LogP contribution in [0.5, 0.6) is 0 Å². The van der Waals surface area contributed by atoms with E-state index in [0.717, 1.165) is 32.1 Å². The highest BCUT2D eigenvalue weighted by Crippen LogP contribution is 2.42. The van der Waals surface area contributed by atoms with E-state index in [0.29, 0.717) is 36.9 Å². The summed E-state index contributed by atoms with van der Waals surface area (Å²) in [6.45, 7) is 2.41. The van der Waals surface area contributed by atoms with Gasteiger partial charge in [0.25, 0.3) is 5.91 Å². The maximum absolute atomic E-state index is 13.5. The first-order chi connectivity index (χ1) is 13.1. The summed E-state index contributed by atoms with van der Waals surface area (Å²) in [6.07, 6.45) is 4.63. The fourth-order valence-corrected chi connectivity index (χ4v) is 4.64. The number of amides is 2. The van der Waals surface area contributed by atoms with Crippen LogP contribution in [0.25, 0.3) is 0 Å². The van der Waals surface area contributed by atoms with Gasteiger partial charge in [0, 0.05) is 13.1 Å². The van der Waals surface area contributed by atoms with Crippen LogP contribution >= 0.6 is 11.6 Å². The molecule has 3 fully saturated rings. The standard InChI is InChI=1S/C20H25ClN2O4/c21-16-7-3-2-6-15(16)18(24)23-17(19(25)22-10-12-26-13-11-22)14-27-20(23)8-4-1-5-9-20/h2-3,6-7,17H,1,4-5,8-14H2/t17-/m1/s1. The third-order valence-electron chi connectivity index (χ3n) is 5.83. The van der Waals surface area contributed by atoms with E-state index >= 15 is 0 Å². The van der Waals surface area contributed by atoms with Crippen LogP contribution in [0, 0.1) is 0 Å². The van der Waals surface area contributed by atoms with Gasteiger partial charge in [-0.3, -0.25) is 14.5 Å². The van der Waals surface area contributed by atoms with Crippen molar-refractivity contribution < 1.29 is 19.1 Å². The summed E-state index contributed by atoms with van der Waals surface area (Å²) < 4.78 is 11.5. The molecule has 7 heteroatoms. The summed E-state index contributed by atoms with van der Waals surface area (Å²) in [4.78, 5) is 30.2. The van der Waals surface area contributed by atoms with Gasteiger partial charge in [0.05, 0.1) is 30.4 Å². The number of carbonyl (C=O) groups excluding carboxylic acids is 2. The van der Waals surface area contributed by atoms with Crippen molar-refractivity contribution in [1.29, 1.82) is 0 Å². The predicted octanol–water partition coefficient (Wildman–Crippen LogP) is 2.70. The second-order valence-corrected chi connectivity index (χ2v) is 7.83. The maximum atomic E-state index is 13.5. The Bertz CT molecular complexity index is 714. The lowest BCUT2D eigenvalue weighted by molar-refractivity contribution is -0.141. The number of benzene rings is 1. The Morgan fingerprint density at radius 3 is 2.48 bits per heavy atom. The Hall–Kier alpha value is -1.63. The molecule has 146 valence electrons. The molecule has 1 aromatic carbocycles. The molecule has 0 aromatic heterocycles. The van der Waals surface area contributed by atoms with Crippen molar-refractivity contribution in [1.82, 2.24) is 9.80 Å². The van der Waals surface area contributed by atoms with E-state index in [1.807, 2.05) is 0 Å². The first kappa shape index (κ1) is 18.7. The molecular formula is C20H25ClN2O4. The van der Waals surface area contributed by atoms with Crippen molar-refractivity contribution in [2.24, 2.45) is 0 Å². The topological polar surface area (TPSA) is 59.1 Å². The molecule has 2 amide bonds. The van der Waals surface area contributed by atoms with Crippen molar-refractivity contribution in [3.8, 4) is 0 Å². The zero-order valence-electron chi connectivity index (χ0n) is 15.4. The molecule has 1 spiro atoms. The molecule has 2 aliphatic heterocycles. The highest BCUT2D eigenvalue weighted by atomic mass is 35.5. The van der Waals surface area contributed by atoms with Gasteiger partial charge in [-0.25, -0.2) is 0 Å². The van der Waals surface area contributed by atoms with E-state index in [4.69, 9.17) is 21.1 Å². The summed E-state index contributed by atoms with van der Waals surface area (Å²) in [6, 6.07) is 6.41. The van der Waals surface area contributed by atoms with Gasteiger partial charge in [0.15, 0.2) is 0 Å². The minimum absolute atomic E-state index is 0.0545. The Balaban J connectivity index is 1.67. The van der Waals surface area contributed by atoms with Crippen LogP contribution in [-0.4, -0.2) is 66.3 Å². The number of hydrogen-bond donors (Lipinski definition) is 0. The van der Waals surface area contributed by atoms with Gasteiger partial charge >= 0.3 is 0 Å². The summed E-state index contributed by atoms with van der Waals surface area (Å²) in [7, 11) is 0. The van der Waals surface area contributed by atoms with Crippen molar-refractivity contribution >= 4 is 23.4 Å². The molecule has 0 unspecified atom stereocenters. The van der Waals surface area contributed by atoms with Crippen LogP contribution in [0.4, 0.5) is 0 Å². The molecule has 27 heavy (non-hydrogen) atoms. The Kier molecular flexibility index (Phi) is 5.39. The number of morpholine rings is 1. The number of halogens is 1. The molecular weight excluding hydrogens is 368 g/mol. The molecule has 1 aliphatic carbocycles. The molecule has 2 saturated heterocycles. The third kappa shape index (κ3) is 3.46. The Labute approximate surface area is 164 Å². The average Bonchev–Trinajstić information content (AvgIpc) is 3.07. The molecule has 0 bridgehead atoms. The van der Waals surface area contributed by atoms with Crippen molar-refractivity contribution in [3.63, 3.8) is 0 Å². The van der Waals surface area contributed by atoms with Gasteiger partial charge in [0.1, 0.15) is 11.8 Å². The van der Waals surface area contributed by atoms with E-state index in [1.54, 1.807) is 34.1 Å². The van der Waals surface area contributed by atoms with Crippen molar-refractivity contribution in [2.45, 2.75) is 43.9 Å². The van der Waals surface area contributed by atoms with Crippen LogP contribution in [0.3, 0.4) is 0 Å². The Morgan fingerprint density at radius 1 is 1.07 bits per heavy atom. The minimum atomic E-state index is -0.693. The van der Waals surface area contributed by atoms with Crippen molar-refractivity contribution in [3.05, 3.63) is 34.9 Å². The number of rotatable bonds is 2. The summed E-state index contributed by atoms with van der Waals surface area (Å²) in [5, 5.41) is 0.401. The second kappa shape index (κ2) is 7.78. The quantitative estimate of drug-likeness (QED) is 0.776. The van der Waals surface area contributed by atoms with E-state index in [2.05, 4.69) is 0 Å². The molecule has 1 atom stereocenters. The zero-order chi connectivity index (χ0) is 18.9. The fraction of sp³-hybridized carbons (Fsp3) is 0.600. The van der Waals surface area contributed by atoms with Crippen LogP contribution in [-0.2, 0) is 14.3 Å². The number of nitrogens with zero attached hydrogens (tertiary/aromatic N) is 2. The van der Waals surface area contributed by atoms with Gasteiger partial charge in [-0.05, 0) is 37.8 Å². The van der Waals surface area contributed by atoms with Gasteiger partial charge in [-0.2, -0.15) is 0 Å². The lowest BCUT2D eigenvalue weighted by Crippen LogP contribution is -2.58. The predicted molar refractivity (Wildman–Crippen MR) is 101 cm³/mol. The SMILES string of the molecule is O=C([C@H]1COC2(CCCCC2)N1C(=O)c1ccccc1Cl)N1CCOCC1. The third-order valence-corrected chi connectivity index (χ3v) is 6.16. The van der Waals surface area contributed by atoms with Crippen LogP contribution in [0.2, 0.25) is 5.02 Å². The highest BCUT2D eigenvalue weighted by Gasteiger charge is 2.53. The van der Waals surface area contributed by atoms with Gasteiger partial charge < -0.3 is 14.4 Å². The molecule has 2 heterocycles. The number of ether oxygens (including phenoxy) is 2. The molecule has 6 nitrogen and oxygen atoms in total. The Morgan fingerprint density at radius 2 is 1.78 bits per heavy atom. The molecule has 0 radical (unpaired) electrons. The monoisotopic (exact) mass is 392 g/mol.